The van der Waals surface area contributed by atoms with Crippen LogP contribution in [-0.2, 0) is 6.42 Å². The van der Waals surface area contributed by atoms with Gasteiger partial charge in [0.2, 0.25) is 0 Å². The van der Waals surface area contributed by atoms with Crippen LogP contribution in [0.25, 0.3) is 0 Å². The van der Waals surface area contributed by atoms with Crippen molar-refractivity contribution in [3.05, 3.63) is 42.4 Å². The summed E-state index contributed by atoms with van der Waals surface area (Å²) in [6, 6.07) is 8.62. The third kappa shape index (κ3) is 1.15. The number of hydrogen-bond donors (Lipinski definition) is 0. The van der Waals surface area contributed by atoms with Crippen LogP contribution in [0.1, 0.15) is 12.0 Å². The third-order valence-corrected chi connectivity index (χ3v) is 3.93. The Balaban J connectivity index is 1.94. The van der Waals surface area contributed by atoms with Crippen LogP contribution in [0.5, 0.6) is 0 Å². The highest BCUT2D eigenvalue weighted by Gasteiger charge is 2.38. The lowest BCUT2D eigenvalue weighted by Gasteiger charge is -2.35. The van der Waals surface area contributed by atoms with E-state index in [1.54, 1.807) is 6.33 Å². The summed E-state index contributed by atoms with van der Waals surface area (Å²) in [5.74, 6) is 1.03. The molecule has 0 N–H and O–H groups in total. The zero-order chi connectivity index (χ0) is 12.1. The van der Waals surface area contributed by atoms with E-state index in [-0.39, 0.29) is 0 Å². The Labute approximate surface area is 106 Å². The second-order valence-corrected chi connectivity index (χ2v) is 4.86. The van der Waals surface area contributed by atoms with Crippen LogP contribution in [0.2, 0.25) is 0 Å². The zero-order valence-electron chi connectivity index (χ0n) is 10.2. The van der Waals surface area contributed by atoms with Crippen LogP contribution in [0.3, 0.4) is 0 Å². The van der Waals surface area contributed by atoms with Gasteiger partial charge in [0.15, 0.2) is 5.82 Å². The first-order valence-corrected chi connectivity index (χ1v) is 6.26. The molecule has 2 aliphatic rings. The van der Waals surface area contributed by atoms with Crippen LogP contribution in [-0.4, -0.2) is 23.2 Å². The molecule has 4 nitrogen and oxygen atoms in total. The molecule has 0 fully saturated rings. The van der Waals surface area contributed by atoms with E-state index in [0.29, 0.717) is 6.17 Å². The van der Waals surface area contributed by atoms with Crippen molar-refractivity contribution in [2.75, 3.05) is 16.8 Å². The summed E-state index contributed by atoms with van der Waals surface area (Å²) in [6.45, 7) is 0. The molecule has 1 aromatic carbocycles. The van der Waals surface area contributed by atoms with E-state index in [4.69, 9.17) is 0 Å². The van der Waals surface area contributed by atoms with Crippen LogP contribution in [0.4, 0.5) is 17.2 Å². The molecule has 3 heterocycles. The minimum absolute atomic E-state index is 0.381. The fourth-order valence-electron chi connectivity index (χ4n) is 3.09. The molecule has 0 saturated heterocycles. The van der Waals surface area contributed by atoms with Gasteiger partial charge in [-0.2, -0.15) is 0 Å². The van der Waals surface area contributed by atoms with Gasteiger partial charge in [-0.15, -0.1) is 0 Å². The lowest BCUT2D eigenvalue weighted by atomic mass is 10.00. The van der Waals surface area contributed by atoms with Gasteiger partial charge in [0.25, 0.3) is 0 Å². The summed E-state index contributed by atoms with van der Waals surface area (Å²) in [5.41, 5.74) is 3.84. The molecule has 0 aliphatic carbocycles. The molecular weight excluding hydrogens is 224 g/mol. The summed E-state index contributed by atoms with van der Waals surface area (Å²) in [6.07, 6.45) is 6.18. The van der Waals surface area contributed by atoms with E-state index in [1.807, 2.05) is 6.20 Å². The van der Waals surface area contributed by atoms with E-state index in [0.717, 1.165) is 24.3 Å². The smallest absolute Gasteiger partial charge is 0.157 e. The van der Waals surface area contributed by atoms with Gasteiger partial charge in [-0.3, -0.25) is 0 Å². The predicted molar refractivity (Wildman–Crippen MR) is 71.1 cm³/mol. The zero-order valence-corrected chi connectivity index (χ0v) is 10.2. The minimum atomic E-state index is 0.381. The second-order valence-electron chi connectivity index (χ2n) is 4.86. The molecule has 4 heteroatoms. The number of aromatic nitrogens is 2. The maximum Gasteiger partial charge on any atom is 0.157 e. The van der Waals surface area contributed by atoms with Gasteiger partial charge in [0.05, 0.1) is 6.20 Å². The van der Waals surface area contributed by atoms with Crippen molar-refractivity contribution in [1.82, 2.24) is 9.97 Å². The van der Waals surface area contributed by atoms with E-state index < -0.39 is 0 Å². The summed E-state index contributed by atoms with van der Waals surface area (Å²) in [7, 11) is 2.12. The highest BCUT2D eigenvalue weighted by Crippen LogP contribution is 2.46. The van der Waals surface area contributed by atoms with Gasteiger partial charge in [-0.05, 0) is 24.5 Å². The van der Waals surface area contributed by atoms with Crippen molar-refractivity contribution in [2.24, 2.45) is 0 Å². The highest BCUT2D eigenvalue weighted by atomic mass is 15.4. The van der Waals surface area contributed by atoms with Crippen molar-refractivity contribution in [3.63, 3.8) is 0 Å². The number of para-hydroxylation sites is 1. The van der Waals surface area contributed by atoms with Crippen molar-refractivity contribution in [2.45, 2.75) is 19.0 Å². The lowest BCUT2D eigenvalue weighted by Crippen LogP contribution is -2.41. The highest BCUT2D eigenvalue weighted by molar-refractivity contribution is 5.82. The molecule has 0 amide bonds. The molecular formula is C14H14N4. The van der Waals surface area contributed by atoms with Gasteiger partial charge in [0.1, 0.15) is 18.2 Å². The van der Waals surface area contributed by atoms with Crippen LogP contribution >= 0.6 is 0 Å². The molecule has 2 aromatic rings. The predicted octanol–water partition coefficient (Wildman–Crippen LogP) is 2.34. The SMILES string of the molecule is CN1c2ncncc2N2c3ccccc3CCC12. The number of hydrogen-bond acceptors (Lipinski definition) is 4. The number of nitrogens with zero attached hydrogens (tertiary/aromatic N) is 4. The summed E-state index contributed by atoms with van der Waals surface area (Å²) in [4.78, 5) is 13.2. The quantitative estimate of drug-likeness (QED) is 0.705. The molecule has 2 aliphatic heterocycles. The number of anilines is 3. The first-order valence-electron chi connectivity index (χ1n) is 6.26. The molecule has 0 radical (unpaired) electrons. The Morgan fingerprint density at radius 3 is 3.06 bits per heavy atom. The normalized spacial score (nSPS) is 20.4. The van der Waals surface area contributed by atoms with Gasteiger partial charge < -0.3 is 9.80 Å². The van der Waals surface area contributed by atoms with Crippen LogP contribution in [0, 0.1) is 0 Å². The van der Waals surface area contributed by atoms with Gasteiger partial charge in [0, 0.05) is 12.7 Å². The average molecular weight is 238 g/mol. The summed E-state index contributed by atoms with van der Waals surface area (Å²) in [5, 5.41) is 0. The minimum Gasteiger partial charge on any atom is -0.337 e. The van der Waals surface area contributed by atoms with Gasteiger partial charge >= 0.3 is 0 Å². The Hall–Kier alpha value is -2.10. The van der Waals surface area contributed by atoms with E-state index >= 15 is 0 Å². The summed E-state index contributed by atoms with van der Waals surface area (Å²) >= 11 is 0. The lowest BCUT2D eigenvalue weighted by molar-refractivity contribution is 0.587. The summed E-state index contributed by atoms with van der Waals surface area (Å²) < 4.78 is 0. The number of fused-ring (bicyclic) bond motifs is 5. The second kappa shape index (κ2) is 3.45. The van der Waals surface area contributed by atoms with E-state index in [9.17, 15) is 0 Å². The Morgan fingerprint density at radius 2 is 2.11 bits per heavy atom. The Morgan fingerprint density at radius 1 is 1.22 bits per heavy atom. The maximum atomic E-state index is 4.41. The standard InChI is InChI=1S/C14H14N4/c1-17-13-7-6-10-4-2-3-5-11(10)18(13)12-8-15-9-16-14(12)17/h2-5,8-9,13H,6-7H2,1H3. The molecule has 4 rings (SSSR count). The average Bonchev–Trinajstić information content (AvgIpc) is 2.73. The largest absolute Gasteiger partial charge is 0.337 e. The maximum absolute atomic E-state index is 4.41. The van der Waals surface area contributed by atoms with Gasteiger partial charge in [-0.1, -0.05) is 18.2 Å². The molecule has 18 heavy (non-hydrogen) atoms. The molecule has 1 unspecified atom stereocenters. The van der Waals surface area contributed by atoms with Crippen LogP contribution < -0.4 is 9.80 Å². The Bertz CT molecular complexity index is 610. The molecule has 0 spiro atoms. The van der Waals surface area contributed by atoms with Crippen molar-refractivity contribution in [3.8, 4) is 0 Å². The molecule has 1 aromatic heterocycles. The Kier molecular flexibility index (Phi) is 1.89. The fourth-order valence-corrected chi connectivity index (χ4v) is 3.09. The number of aryl methyl sites for hydroxylation is 1. The molecule has 90 valence electrons. The monoisotopic (exact) mass is 238 g/mol. The number of benzene rings is 1. The number of rotatable bonds is 0. The van der Waals surface area contributed by atoms with Gasteiger partial charge in [-0.25, -0.2) is 9.97 Å². The fraction of sp³-hybridized carbons (Fsp3) is 0.286. The van der Waals surface area contributed by atoms with E-state index in [1.165, 1.54) is 11.3 Å². The molecule has 1 atom stereocenters. The van der Waals surface area contributed by atoms with Crippen molar-refractivity contribution < 1.29 is 0 Å². The molecule has 0 saturated carbocycles. The third-order valence-electron chi connectivity index (χ3n) is 3.93. The first kappa shape index (κ1) is 9.88. The van der Waals surface area contributed by atoms with Crippen molar-refractivity contribution in [1.29, 1.82) is 0 Å². The topological polar surface area (TPSA) is 32.3 Å². The van der Waals surface area contributed by atoms with Crippen LogP contribution in [0.15, 0.2) is 36.8 Å². The molecule has 0 bridgehead atoms. The van der Waals surface area contributed by atoms with E-state index in [2.05, 4.69) is 51.1 Å². The van der Waals surface area contributed by atoms with Crippen molar-refractivity contribution >= 4 is 17.2 Å². The first-order chi connectivity index (χ1) is 8.86.